The van der Waals surface area contributed by atoms with E-state index in [2.05, 4.69) is 0 Å². The number of rotatable bonds is 10. The summed E-state index contributed by atoms with van der Waals surface area (Å²) in [6.45, 7) is 1.98. The molecule has 5 nitrogen and oxygen atoms in total. The number of hydrogen-bond donors (Lipinski definition) is 1. The lowest BCUT2D eigenvalue weighted by Gasteiger charge is -2.13. The van der Waals surface area contributed by atoms with Gasteiger partial charge in [-0.25, -0.2) is 0 Å². The minimum atomic E-state index is -0.417. The number of phenols is 1. The Kier molecular flexibility index (Phi) is 8.36. The number of allylic oxidation sites excluding steroid dienone is 2. The van der Waals surface area contributed by atoms with E-state index in [0.29, 0.717) is 24.6 Å². The number of aromatic hydroxyl groups is 1. The van der Waals surface area contributed by atoms with E-state index < -0.39 is 11.9 Å². The van der Waals surface area contributed by atoms with Crippen LogP contribution in [0.2, 0.25) is 0 Å². The molecule has 1 N–H and O–H groups in total. The molecule has 0 unspecified atom stereocenters. The van der Waals surface area contributed by atoms with Crippen molar-refractivity contribution in [1.82, 2.24) is 0 Å². The van der Waals surface area contributed by atoms with Gasteiger partial charge in [0.25, 0.3) is 0 Å². The van der Waals surface area contributed by atoms with Crippen LogP contribution in [0, 0.1) is 5.92 Å². The van der Waals surface area contributed by atoms with Crippen LogP contribution in [0.1, 0.15) is 31.7 Å². The molecule has 0 saturated carbocycles. The van der Waals surface area contributed by atoms with E-state index in [-0.39, 0.29) is 25.2 Å². The first-order chi connectivity index (χ1) is 11.1. The van der Waals surface area contributed by atoms with E-state index in [9.17, 15) is 19.5 Å². The van der Waals surface area contributed by atoms with E-state index in [0.717, 1.165) is 12.0 Å². The molecule has 0 aliphatic carbocycles. The van der Waals surface area contributed by atoms with Crippen LogP contribution in [-0.2, 0) is 25.5 Å². The molecule has 0 radical (unpaired) electrons. The van der Waals surface area contributed by atoms with Crippen LogP contribution < -0.4 is 0 Å². The Labute approximate surface area is 136 Å². The highest BCUT2D eigenvalue weighted by molar-refractivity contribution is 5.78. The summed E-state index contributed by atoms with van der Waals surface area (Å²) in [5.41, 5.74) is 1.49. The van der Waals surface area contributed by atoms with Gasteiger partial charge in [0, 0.05) is 12.3 Å². The molecule has 0 heterocycles. The van der Waals surface area contributed by atoms with Crippen molar-refractivity contribution in [1.29, 1.82) is 0 Å². The molecule has 0 aliphatic heterocycles. The highest BCUT2D eigenvalue weighted by Gasteiger charge is 2.18. The third-order valence-electron chi connectivity index (χ3n) is 3.54. The zero-order chi connectivity index (χ0) is 17.1. The van der Waals surface area contributed by atoms with Gasteiger partial charge in [-0.2, -0.15) is 0 Å². The molecular weight excluding hydrogens is 296 g/mol. The van der Waals surface area contributed by atoms with Gasteiger partial charge in [0.15, 0.2) is 0 Å². The topological polar surface area (TPSA) is 80.7 Å². The third-order valence-corrected chi connectivity index (χ3v) is 3.54. The fourth-order valence-corrected chi connectivity index (χ4v) is 2.24. The van der Waals surface area contributed by atoms with Crippen LogP contribution in [0.25, 0.3) is 0 Å². The first-order valence-corrected chi connectivity index (χ1v) is 7.59. The lowest BCUT2D eigenvalue weighted by molar-refractivity contribution is -0.144. The summed E-state index contributed by atoms with van der Waals surface area (Å²) in [4.78, 5) is 33.4. The maximum atomic E-state index is 11.8. The number of aryl methyl sites for hydroxylation is 1. The fraction of sp³-hybridized carbons (Fsp3) is 0.389. The molecular formula is C18H22O5. The van der Waals surface area contributed by atoms with E-state index in [4.69, 9.17) is 4.74 Å². The third kappa shape index (κ3) is 6.91. The van der Waals surface area contributed by atoms with E-state index in [1.165, 1.54) is 0 Å². The van der Waals surface area contributed by atoms with Gasteiger partial charge >= 0.3 is 5.97 Å². The van der Waals surface area contributed by atoms with E-state index in [1.807, 2.05) is 12.1 Å². The Hall–Kier alpha value is -2.43. The van der Waals surface area contributed by atoms with Gasteiger partial charge in [-0.15, -0.1) is 0 Å². The number of esters is 1. The van der Waals surface area contributed by atoms with Crippen molar-refractivity contribution in [2.45, 2.75) is 32.6 Å². The predicted molar refractivity (Wildman–Crippen MR) is 86.0 cm³/mol. The maximum absolute atomic E-state index is 11.8. The largest absolute Gasteiger partial charge is 0.508 e. The maximum Gasteiger partial charge on any atom is 0.306 e. The van der Waals surface area contributed by atoms with Crippen LogP contribution in [0.4, 0.5) is 0 Å². The Morgan fingerprint density at radius 1 is 1.26 bits per heavy atom. The zero-order valence-corrected chi connectivity index (χ0v) is 13.2. The van der Waals surface area contributed by atoms with Crippen LogP contribution in [0.3, 0.4) is 0 Å². The first-order valence-electron chi connectivity index (χ1n) is 7.59. The Morgan fingerprint density at radius 3 is 2.52 bits per heavy atom. The number of carbonyl (C=O) groups is 3. The number of hydrogen-bond acceptors (Lipinski definition) is 5. The van der Waals surface area contributed by atoms with E-state index in [1.54, 1.807) is 25.1 Å². The number of ether oxygens (including phenoxy) is 1. The summed E-state index contributed by atoms with van der Waals surface area (Å²) < 4.78 is 5.16. The van der Waals surface area contributed by atoms with Crippen LogP contribution in [0.5, 0.6) is 5.75 Å². The first kappa shape index (κ1) is 18.6. The molecule has 0 aliphatic rings. The molecule has 0 bridgehead atoms. The molecule has 0 fully saturated rings. The van der Waals surface area contributed by atoms with Crippen molar-refractivity contribution in [3.63, 3.8) is 0 Å². The van der Waals surface area contributed by atoms with Crippen molar-refractivity contribution in [2.75, 3.05) is 6.61 Å². The minimum absolute atomic E-state index is 0.0242. The van der Waals surface area contributed by atoms with Gasteiger partial charge < -0.3 is 14.6 Å². The SMILES string of the molecule is CC=C(C=O)[C@@H](CC=O)CC(=O)OCCCc1ccc(O)cc1. The molecule has 1 rings (SSSR count). The normalized spacial score (nSPS) is 12.5. The average Bonchev–Trinajstić information content (AvgIpc) is 2.54. The van der Waals surface area contributed by atoms with Crippen LogP contribution in [0.15, 0.2) is 35.9 Å². The second-order valence-corrected chi connectivity index (χ2v) is 5.20. The van der Waals surface area contributed by atoms with Gasteiger partial charge in [-0.1, -0.05) is 18.2 Å². The second kappa shape index (κ2) is 10.3. The molecule has 124 valence electrons. The quantitative estimate of drug-likeness (QED) is 0.310. The Balaban J connectivity index is 2.36. The number of carbonyl (C=O) groups excluding carboxylic acids is 3. The van der Waals surface area contributed by atoms with Gasteiger partial charge in [0.1, 0.15) is 18.3 Å². The van der Waals surface area contributed by atoms with Crippen LogP contribution >= 0.6 is 0 Å². The molecule has 0 saturated heterocycles. The number of phenolic OH excluding ortho intramolecular Hbond substituents is 1. The number of benzene rings is 1. The smallest absolute Gasteiger partial charge is 0.306 e. The summed E-state index contributed by atoms with van der Waals surface area (Å²) in [6, 6.07) is 6.87. The van der Waals surface area contributed by atoms with Crippen molar-refractivity contribution in [3.8, 4) is 5.75 Å². The second-order valence-electron chi connectivity index (χ2n) is 5.20. The molecule has 23 heavy (non-hydrogen) atoms. The standard InChI is InChI=1S/C18H22O5/c1-2-15(13-20)16(9-10-19)12-18(22)23-11-3-4-14-5-7-17(21)8-6-14/h2,5-8,10,13,16,21H,3-4,9,11-12H2,1H3/t16-/m0/s1. The van der Waals surface area contributed by atoms with Gasteiger partial charge in [0.05, 0.1) is 13.0 Å². The highest BCUT2D eigenvalue weighted by atomic mass is 16.5. The Bertz CT molecular complexity index is 545. The lowest BCUT2D eigenvalue weighted by Crippen LogP contribution is -2.15. The fourth-order valence-electron chi connectivity index (χ4n) is 2.24. The average molecular weight is 318 g/mol. The summed E-state index contributed by atoms with van der Waals surface area (Å²) in [5.74, 6) is -0.611. The molecule has 0 aromatic heterocycles. The Morgan fingerprint density at radius 2 is 1.96 bits per heavy atom. The molecule has 0 amide bonds. The minimum Gasteiger partial charge on any atom is -0.508 e. The van der Waals surface area contributed by atoms with Crippen LogP contribution in [-0.4, -0.2) is 30.3 Å². The molecule has 5 heteroatoms. The van der Waals surface area contributed by atoms with Crippen molar-refractivity contribution in [3.05, 3.63) is 41.5 Å². The number of aldehydes is 2. The summed E-state index contributed by atoms with van der Waals surface area (Å²) in [6.07, 6.45) is 4.54. The van der Waals surface area contributed by atoms with E-state index >= 15 is 0 Å². The molecule has 1 aromatic rings. The molecule has 1 aromatic carbocycles. The van der Waals surface area contributed by atoms with Gasteiger partial charge in [0.2, 0.25) is 0 Å². The van der Waals surface area contributed by atoms with Gasteiger partial charge in [-0.05, 0) is 43.0 Å². The van der Waals surface area contributed by atoms with Gasteiger partial charge in [-0.3, -0.25) is 9.59 Å². The zero-order valence-electron chi connectivity index (χ0n) is 13.2. The monoisotopic (exact) mass is 318 g/mol. The predicted octanol–water partition coefficient (Wildman–Crippen LogP) is 2.61. The summed E-state index contributed by atoms with van der Waals surface area (Å²) in [7, 11) is 0. The van der Waals surface area contributed by atoms with Crippen molar-refractivity contribution >= 4 is 18.5 Å². The molecule has 1 atom stereocenters. The van der Waals surface area contributed by atoms with Crippen molar-refractivity contribution in [2.24, 2.45) is 5.92 Å². The lowest BCUT2D eigenvalue weighted by atomic mass is 9.93. The molecule has 0 spiro atoms. The summed E-state index contributed by atoms with van der Waals surface area (Å²) >= 11 is 0. The highest BCUT2D eigenvalue weighted by Crippen LogP contribution is 2.18. The van der Waals surface area contributed by atoms with Crippen molar-refractivity contribution < 1.29 is 24.2 Å². The summed E-state index contributed by atoms with van der Waals surface area (Å²) in [5, 5.41) is 9.19.